The van der Waals surface area contributed by atoms with Gasteiger partial charge in [-0.15, -0.1) is 0 Å². The van der Waals surface area contributed by atoms with Crippen LogP contribution in [0.2, 0.25) is 0 Å². The summed E-state index contributed by atoms with van der Waals surface area (Å²) in [6, 6.07) is 0. The van der Waals surface area contributed by atoms with Crippen LogP contribution in [0.25, 0.3) is 0 Å². The van der Waals surface area contributed by atoms with E-state index in [-0.39, 0.29) is 0 Å². The first-order chi connectivity index (χ1) is 4.09. The summed E-state index contributed by atoms with van der Waals surface area (Å²) in [6.45, 7) is 5.93. The van der Waals surface area contributed by atoms with Gasteiger partial charge in [0.05, 0.1) is 0 Å². The molecule has 0 aromatic rings. The molecule has 0 bridgehead atoms. The summed E-state index contributed by atoms with van der Waals surface area (Å²) >= 11 is 0. The molecule has 0 aromatic carbocycles. The minimum Gasteiger partial charge on any atom is -0.255 e. The van der Waals surface area contributed by atoms with E-state index in [1.165, 1.54) is 10.6 Å². The molecule has 0 radical (unpaired) electrons. The standard InChI is InChI=1S/C6H13N3/c1-5(2)6(3)9(4)8-7/h7H,1-4H3. The van der Waals surface area contributed by atoms with Gasteiger partial charge in [0.25, 0.3) is 0 Å². The molecule has 0 saturated heterocycles. The number of nitrogens with one attached hydrogen (secondary N) is 1. The lowest BCUT2D eigenvalue weighted by Gasteiger charge is -2.11. The first-order valence-electron chi connectivity index (χ1n) is 2.84. The molecule has 0 amide bonds. The molecule has 0 aliphatic carbocycles. The third-order valence-corrected chi connectivity index (χ3v) is 1.36. The van der Waals surface area contributed by atoms with Crippen molar-refractivity contribution in [3.05, 3.63) is 11.3 Å². The lowest BCUT2D eigenvalue weighted by atomic mass is 10.3. The van der Waals surface area contributed by atoms with Crippen LogP contribution in [0, 0.1) is 5.53 Å². The van der Waals surface area contributed by atoms with E-state index < -0.39 is 0 Å². The fraction of sp³-hybridized carbons (Fsp3) is 0.667. The van der Waals surface area contributed by atoms with Gasteiger partial charge in [-0.05, 0) is 20.8 Å². The molecule has 3 nitrogen and oxygen atoms in total. The second-order valence-corrected chi connectivity index (χ2v) is 2.21. The van der Waals surface area contributed by atoms with Crippen molar-refractivity contribution in [2.75, 3.05) is 7.05 Å². The van der Waals surface area contributed by atoms with E-state index in [1.54, 1.807) is 7.05 Å². The first-order valence-corrected chi connectivity index (χ1v) is 2.84. The third-order valence-electron chi connectivity index (χ3n) is 1.36. The molecular weight excluding hydrogens is 114 g/mol. The normalized spacial score (nSPS) is 8.44. The van der Waals surface area contributed by atoms with E-state index in [0.29, 0.717) is 0 Å². The summed E-state index contributed by atoms with van der Waals surface area (Å²) < 4.78 is 0. The molecule has 1 N–H and O–H groups in total. The Morgan fingerprint density at radius 2 is 1.78 bits per heavy atom. The molecular formula is C6H13N3. The van der Waals surface area contributed by atoms with Crippen molar-refractivity contribution < 1.29 is 0 Å². The summed E-state index contributed by atoms with van der Waals surface area (Å²) in [4.78, 5) is 0. The van der Waals surface area contributed by atoms with Crippen molar-refractivity contribution in [2.45, 2.75) is 20.8 Å². The Labute approximate surface area is 55.8 Å². The van der Waals surface area contributed by atoms with Crippen molar-refractivity contribution in [3.8, 4) is 0 Å². The van der Waals surface area contributed by atoms with Crippen LogP contribution in [0.15, 0.2) is 16.5 Å². The number of nitrogens with zero attached hydrogens (tertiary/aromatic N) is 2. The van der Waals surface area contributed by atoms with Crippen molar-refractivity contribution in [1.82, 2.24) is 5.01 Å². The second kappa shape index (κ2) is 3.22. The largest absolute Gasteiger partial charge is 0.255 e. The Balaban J connectivity index is 4.19. The van der Waals surface area contributed by atoms with Gasteiger partial charge in [0.15, 0.2) is 0 Å². The highest BCUT2D eigenvalue weighted by Gasteiger charge is 1.95. The van der Waals surface area contributed by atoms with Crippen LogP contribution >= 0.6 is 0 Å². The zero-order chi connectivity index (χ0) is 7.44. The number of hydrogen-bond donors (Lipinski definition) is 1. The van der Waals surface area contributed by atoms with Crippen LogP contribution in [0.1, 0.15) is 20.8 Å². The topological polar surface area (TPSA) is 39.5 Å². The molecule has 0 heterocycles. The second-order valence-electron chi connectivity index (χ2n) is 2.21. The van der Waals surface area contributed by atoms with E-state index in [1.807, 2.05) is 20.8 Å². The first kappa shape index (κ1) is 8.14. The quantitative estimate of drug-likeness (QED) is 0.448. The van der Waals surface area contributed by atoms with Gasteiger partial charge < -0.3 is 0 Å². The summed E-state index contributed by atoms with van der Waals surface area (Å²) in [5, 5.41) is 4.77. The minimum atomic E-state index is 1.03. The smallest absolute Gasteiger partial charge is 0.0337 e. The molecule has 0 rings (SSSR count). The van der Waals surface area contributed by atoms with Gasteiger partial charge in [-0.3, -0.25) is 5.01 Å². The monoisotopic (exact) mass is 127 g/mol. The van der Waals surface area contributed by atoms with Gasteiger partial charge in [0.2, 0.25) is 0 Å². The average Bonchev–Trinajstić information content (AvgIpc) is 1.84. The maximum absolute atomic E-state index is 6.65. The van der Waals surface area contributed by atoms with E-state index >= 15 is 0 Å². The molecule has 0 spiro atoms. The maximum atomic E-state index is 6.65. The maximum Gasteiger partial charge on any atom is 0.0337 e. The zero-order valence-corrected chi connectivity index (χ0v) is 6.39. The fourth-order valence-electron chi connectivity index (χ4n) is 0.399. The van der Waals surface area contributed by atoms with Gasteiger partial charge in [0.1, 0.15) is 0 Å². The van der Waals surface area contributed by atoms with E-state index in [4.69, 9.17) is 5.53 Å². The van der Waals surface area contributed by atoms with Crippen molar-refractivity contribution in [3.63, 3.8) is 0 Å². The molecule has 0 aromatic heterocycles. The molecule has 0 atom stereocenters. The summed E-state index contributed by atoms with van der Waals surface area (Å²) in [7, 11) is 1.76. The van der Waals surface area contributed by atoms with Crippen LogP contribution in [0.3, 0.4) is 0 Å². The van der Waals surface area contributed by atoms with Gasteiger partial charge in [0, 0.05) is 12.7 Å². The Morgan fingerprint density at radius 3 is 1.89 bits per heavy atom. The van der Waals surface area contributed by atoms with E-state index in [2.05, 4.69) is 5.22 Å². The van der Waals surface area contributed by atoms with E-state index in [9.17, 15) is 0 Å². The van der Waals surface area contributed by atoms with Gasteiger partial charge in [-0.1, -0.05) is 10.8 Å². The number of allylic oxidation sites excluding steroid dienone is 2. The van der Waals surface area contributed by atoms with E-state index in [0.717, 1.165) is 5.70 Å². The highest BCUT2D eigenvalue weighted by molar-refractivity contribution is 5.03. The molecule has 9 heavy (non-hydrogen) atoms. The van der Waals surface area contributed by atoms with Crippen LogP contribution < -0.4 is 0 Å². The highest BCUT2D eigenvalue weighted by atomic mass is 15.5. The van der Waals surface area contributed by atoms with Gasteiger partial charge >= 0.3 is 0 Å². The molecule has 0 aliphatic heterocycles. The SMILES string of the molecule is CC(C)=C(C)N(C)N=N. The predicted molar refractivity (Wildman–Crippen MR) is 37.0 cm³/mol. The van der Waals surface area contributed by atoms with Crippen LogP contribution in [-0.4, -0.2) is 12.1 Å². The Morgan fingerprint density at radius 1 is 1.33 bits per heavy atom. The molecule has 3 heteroatoms. The fourth-order valence-corrected chi connectivity index (χ4v) is 0.399. The Hall–Kier alpha value is -0.860. The van der Waals surface area contributed by atoms with Gasteiger partial charge in [-0.25, -0.2) is 0 Å². The number of hydrogen-bond acceptors (Lipinski definition) is 2. The molecule has 52 valence electrons. The summed E-state index contributed by atoms with van der Waals surface area (Å²) in [6.07, 6.45) is 0. The van der Waals surface area contributed by atoms with Crippen molar-refractivity contribution in [2.24, 2.45) is 5.22 Å². The van der Waals surface area contributed by atoms with Crippen LogP contribution in [0.4, 0.5) is 0 Å². The Kier molecular flexibility index (Phi) is 2.91. The molecule has 0 saturated carbocycles. The molecule has 0 unspecified atom stereocenters. The van der Waals surface area contributed by atoms with Gasteiger partial charge in [-0.2, -0.15) is 5.53 Å². The average molecular weight is 127 g/mol. The number of rotatable bonds is 2. The van der Waals surface area contributed by atoms with Crippen molar-refractivity contribution in [1.29, 1.82) is 5.53 Å². The predicted octanol–water partition coefficient (Wildman–Crippen LogP) is 2.18. The molecule has 0 fully saturated rings. The minimum absolute atomic E-state index is 1.03. The van der Waals surface area contributed by atoms with Crippen molar-refractivity contribution >= 4 is 0 Å². The molecule has 0 aliphatic rings. The Bertz CT molecular complexity index is 133. The lowest BCUT2D eigenvalue weighted by molar-refractivity contribution is 0.399. The summed E-state index contributed by atoms with van der Waals surface area (Å²) in [5.41, 5.74) is 8.87. The van der Waals surface area contributed by atoms with Crippen LogP contribution in [0.5, 0.6) is 0 Å². The summed E-state index contributed by atoms with van der Waals surface area (Å²) in [5.74, 6) is 0. The highest BCUT2D eigenvalue weighted by Crippen LogP contribution is 2.05. The third kappa shape index (κ3) is 2.26. The zero-order valence-electron chi connectivity index (χ0n) is 6.39. The van der Waals surface area contributed by atoms with Crippen LogP contribution in [-0.2, 0) is 0 Å². The lowest BCUT2D eigenvalue weighted by Crippen LogP contribution is -2.07.